The number of nitrogens with zero attached hydrogens (tertiary/aromatic N) is 3. The van der Waals surface area contributed by atoms with E-state index in [1.54, 1.807) is 13.0 Å². The van der Waals surface area contributed by atoms with Crippen LogP contribution in [0.5, 0.6) is 0 Å². The number of carbonyl (C=O) groups is 1. The Kier molecular flexibility index (Phi) is 6.68. The van der Waals surface area contributed by atoms with E-state index in [1.165, 1.54) is 54.6 Å². The molecule has 0 aromatic heterocycles. The van der Waals surface area contributed by atoms with Gasteiger partial charge in [0.2, 0.25) is 5.91 Å². The zero-order valence-electron chi connectivity index (χ0n) is 17.2. The van der Waals surface area contributed by atoms with Crippen molar-refractivity contribution in [1.82, 2.24) is 0 Å². The predicted molar refractivity (Wildman–Crippen MR) is 121 cm³/mol. The average molecular weight is 470 g/mol. The van der Waals surface area contributed by atoms with Gasteiger partial charge in [-0.15, -0.1) is 0 Å². The van der Waals surface area contributed by atoms with Crippen LogP contribution in [-0.4, -0.2) is 30.7 Å². The van der Waals surface area contributed by atoms with Crippen LogP contribution in [0.3, 0.4) is 0 Å². The lowest BCUT2D eigenvalue weighted by molar-refractivity contribution is -0.385. The molecule has 1 N–H and O–H groups in total. The van der Waals surface area contributed by atoms with Crippen molar-refractivity contribution < 1.29 is 23.1 Å². The van der Waals surface area contributed by atoms with Gasteiger partial charge >= 0.3 is 0 Å². The second kappa shape index (κ2) is 9.44. The van der Waals surface area contributed by atoms with Gasteiger partial charge in [0, 0.05) is 24.3 Å². The molecule has 0 saturated heterocycles. The van der Waals surface area contributed by atoms with Gasteiger partial charge in [-0.1, -0.05) is 24.3 Å². The first kappa shape index (κ1) is 23.3. The number of hydrogen-bond acceptors (Lipinski definition) is 7. The third-order valence-corrected chi connectivity index (χ3v) is 6.46. The smallest absolute Gasteiger partial charge is 0.271 e. The van der Waals surface area contributed by atoms with E-state index in [9.17, 15) is 33.4 Å². The summed E-state index contributed by atoms with van der Waals surface area (Å²) in [5, 5.41) is 24.5. The van der Waals surface area contributed by atoms with Crippen molar-refractivity contribution in [3.63, 3.8) is 0 Å². The summed E-state index contributed by atoms with van der Waals surface area (Å²) in [6.45, 7) is 0.964. The highest BCUT2D eigenvalue weighted by molar-refractivity contribution is 7.92. The Balaban J connectivity index is 1.96. The highest BCUT2D eigenvalue weighted by atomic mass is 32.2. The molecule has 3 aromatic rings. The van der Waals surface area contributed by atoms with Crippen LogP contribution in [0.2, 0.25) is 0 Å². The first-order valence-electron chi connectivity index (χ1n) is 9.47. The van der Waals surface area contributed by atoms with E-state index < -0.39 is 32.3 Å². The molecule has 0 unspecified atom stereocenters. The Bertz CT molecular complexity index is 1310. The lowest BCUT2D eigenvalue weighted by atomic mass is 10.2. The van der Waals surface area contributed by atoms with Gasteiger partial charge in [-0.3, -0.25) is 29.3 Å². The number of carbonyl (C=O) groups excluding carboxylic acids is 1. The van der Waals surface area contributed by atoms with Crippen molar-refractivity contribution >= 4 is 38.7 Å². The summed E-state index contributed by atoms with van der Waals surface area (Å²) >= 11 is 0. The van der Waals surface area contributed by atoms with Crippen molar-refractivity contribution in [3.05, 3.63) is 98.6 Å². The van der Waals surface area contributed by atoms with Gasteiger partial charge in [0.15, 0.2) is 0 Å². The zero-order valence-corrected chi connectivity index (χ0v) is 18.1. The molecule has 0 bridgehead atoms. The van der Waals surface area contributed by atoms with Gasteiger partial charge in [-0.05, 0) is 36.8 Å². The van der Waals surface area contributed by atoms with Gasteiger partial charge in [-0.2, -0.15) is 0 Å². The lowest BCUT2D eigenvalue weighted by Gasteiger charge is -2.24. The molecule has 0 radical (unpaired) electrons. The number of nitro benzene ring substituents is 2. The number of hydrogen-bond donors (Lipinski definition) is 1. The first-order valence-corrected chi connectivity index (χ1v) is 10.9. The third kappa shape index (κ3) is 5.30. The molecular formula is C21H18N4O7S. The van der Waals surface area contributed by atoms with Crippen LogP contribution in [-0.2, 0) is 14.8 Å². The quantitative estimate of drug-likeness (QED) is 0.389. The molecule has 0 heterocycles. The number of sulfonamides is 1. The molecule has 12 heteroatoms. The summed E-state index contributed by atoms with van der Waals surface area (Å²) in [5.74, 6) is -0.753. The number of rotatable bonds is 8. The molecule has 3 aromatic carbocycles. The summed E-state index contributed by atoms with van der Waals surface area (Å²) in [5.41, 5.74) is 0.264. The second-order valence-electron chi connectivity index (χ2n) is 6.90. The highest BCUT2D eigenvalue weighted by Gasteiger charge is 2.28. The lowest BCUT2D eigenvalue weighted by Crippen LogP contribution is -2.38. The van der Waals surface area contributed by atoms with Crippen LogP contribution in [0, 0.1) is 27.2 Å². The Morgan fingerprint density at radius 3 is 2.06 bits per heavy atom. The standard InChI is InChI=1S/C21H18N4O7S/c1-15-7-8-18(25(29)30)13-20(15)22-21(26)14-23(16-9-11-17(12-10-16)24(27)28)33(31,32)19-5-3-2-4-6-19/h2-13H,14H2,1H3,(H,22,26). The summed E-state index contributed by atoms with van der Waals surface area (Å²) in [7, 11) is -4.21. The van der Waals surface area contributed by atoms with Gasteiger partial charge in [0.25, 0.3) is 21.4 Å². The molecule has 0 fully saturated rings. The van der Waals surface area contributed by atoms with E-state index in [-0.39, 0.29) is 27.6 Å². The number of nitrogens with one attached hydrogen (secondary N) is 1. The Morgan fingerprint density at radius 1 is 0.909 bits per heavy atom. The average Bonchev–Trinajstić information content (AvgIpc) is 2.79. The maximum atomic E-state index is 13.3. The van der Waals surface area contributed by atoms with Crippen LogP contribution in [0.1, 0.15) is 5.56 Å². The summed E-state index contributed by atoms with van der Waals surface area (Å²) in [6, 6.07) is 16.0. The maximum Gasteiger partial charge on any atom is 0.271 e. The van der Waals surface area contributed by atoms with Gasteiger partial charge < -0.3 is 5.32 Å². The topological polar surface area (TPSA) is 153 Å². The normalized spacial score (nSPS) is 10.9. The largest absolute Gasteiger partial charge is 0.324 e. The highest BCUT2D eigenvalue weighted by Crippen LogP contribution is 2.27. The van der Waals surface area contributed by atoms with E-state index in [4.69, 9.17) is 0 Å². The third-order valence-electron chi connectivity index (χ3n) is 4.67. The summed E-state index contributed by atoms with van der Waals surface area (Å²) in [6.07, 6.45) is 0. The number of anilines is 2. The van der Waals surface area contributed by atoms with Crippen LogP contribution in [0.15, 0.2) is 77.7 Å². The molecule has 0 atom stereocenters. The van der Waals surface area contributed by atoms with Crippen LogP contribution in [0.25, 0.3) is 0 Å². The van der Waals surface area contributed by atoms with Gasteiger partial charge in [0.05, 0.1) is 26.1 Å². The Morgan fingerprint density at radius 2 is 1.48 bits per heavy atom. The van der Waals surface area contributed by atoms with Crippen molar-refractivity contribution in [2.24, 2.45) is 0 Å². The minimum Gasteiger partial charge on any atom is -0.324 e. The van der Waals surface area contributed by atoms with Crippen molar-refractivity contribution in [2.45, 2.75) is 11.8 Å². The number of nitro groups is 2. The molecular weight excluding hydrogens is 452 g/mol. The number of non-ortho nitro benzene ring substituents is 2. The van der Waals surface area contributed by atoms with Crippen molar-refractivity contribution in [3.8, 4) is 0 Å². The number of benzene rings is 3. The van der Waals surface area contributed by atoms with Crippen LogP contribution >= 0.6 is 0 Å². The van der Waals surface area contributed by atoms with Gasteiger partial charge in [-0.25, -0.2) is 8.42 Å². The number of aryl methyl sites for hydroxylation is 1. The van der Waals surface area contributed by atoms with E-state index in [2.05, 4.69) is 5.32 Å². The molecule has 1 amide bonds. The molecule has 0 spiro atoms. The Hall–Kier alpha value is -4.32. The summed E-state index contributed by atoms with van der Waals surface area (Å²) < 4.78 is 27.4. The van der Waals surface area contributed by atoms with Crippen molar-refractivity contribution in [2.75, 3.05) is 16.2 Å². The van der Waals surface area contributed by atoms with E-state index >= 15 is 0 Å². The first-order chi connectivity index (χ1) is 15.6. The molecule has 33 heavy (non-hydrogen) atoms. The molecule has 170 valence electrons. The molecule has 0 aliphatic rings. The van der Waals surface area contributed by atoms with E-state index in [1.807, 2.05) is 0 Å². The monoisotopic (exact) mass is 470 g/mol. The fraction of sp³-hybridized carbons (Fsp3) is 0.0952. The molecule has 0 saturated carbocycles. The van der Waals surface area contributed by atoms with Gasteiger partial charge in [0.1, 0.15) is 6.54 Å². The molecule has 0 aliphatic carbocycles. The SMILES string of the molecule is Cc1ccc([N+](=O)[O-])cc1NC(=O)CN(c1ccc([N+](=O)[O-])cc1)S(=O)(=O)c1ccccc1. The minimum atomic E-state index is -4.21. The molecule has 11 nitrogen and oxygen atoms in total. The van der Waals surface area contributed by atoms with E-state index in [0.29, 0.717) is 5.56 Å². The maximum absolute atomic E-state index is 13.3. The van der Waals surface area contributed by atoms with Crippen LogP contribution < -0.4 is 9.62 Å². The molecule has 3 rings (SSSR count). The van der Waals surface area contributed by atoms with Crippen molar-refractivity contribution in [1.29, 1.82) is 0 Å². The fourth-order valence-electron chi connectivity index (χ4n) is 2.95. The zero-order chi connectivity index (χ0) is 24.2. The Labute approximate surface area is 188 Å². The fourth-order valence-corrected chi connectivity index (χ4v) is 4.40. The minimum absolute atomic E-state index is 0.0374. The van der Waals surface area contributed by atoms with Crippen LogP contribution in [0.4, 0.5) is 22.7 Å². The molecule has 0 aliphatic heterocycles. The summed E-state index contributed by atoms with van der Waals surface area (Å²) in [4.78, 5) is 33.5. The number of amides is 1. The predicted octanol–water partition coefficient (Wildman–Crippen LogP) is 3.65. The second-order valence-corrected chi connectivity index (χ2v) is 8.77. The van der Waals surface area contributed by atoms with E-state index in [0.717, 1.165) is 16.4 Å².